The van der Waals surface area contributed by atoms with Crippen molar-refractivity contribution in [3.8, 4) is 0 Å². The van der Waals surface area contributed by atoms with Crippen LogP contribution < -0.4 is 5.32 Å². The zero-order chi connectivity index (χ0) is 13.1. The van der Waals surface area contributed by atoms with Gasteiger partial charge in [0.15, 0.2) is 0 Å². The highest BCUT2D eigenvalue weighted by Crippen LogP contribution is 2.17. The van der Waals surface area contributed by atoms with E-state index in [-0.39, 0.29) is 11.5 Å². The Morgan fingerprint density at radius 1 is 1.33 bits per heavy atom. The summed E-state index contributed by atoms with van der Waals surface area (Å²) in [6, 6.07) is 8.18. The van der Waals surface area contributed by atoms with Crippen LogP contribution in [0.5, 0.6) is 0 Å². The van der Waals surface area contributed by atoms with Gasteiger partial charge in [-0.1, -0.05) is 6.07 Å². The van der Waals surface area contributed by atoms with Crippen LogP contribution in [0, 0.1) is 16.4 Å². The third-order valence-electron chi connectivity index (χ3n) is 2.42. The standard InChI is InChI=1S/C13H10FIN2O/c1-8-2-3-10(7-11(8)15)17-13(18)9-4-5-16-12(14)6-9/h2-7H,1H3,(H,17,18). The van der Waals surface area contributed by atoms with Crippen molar-refractivity contribution < 1.29 is 9.18 Å². The Morgan fingerprint density at radius 2 is 2.11 bits per heavy atom. The second-order valence-electron chi connectivity index (χ2n) is 3.79. The molecule has 0 atom stereocenters. The minimum absolute atomic E-state index is 0.248. The summed E-state index contributed by atoms with van der Waals surface area (Å²) >= 11 is 2.20. The molecule has 0 aliphatic rings. The lowest BCUT2D eigenvalue weighted by molar-refractivity contribution is 0.102. The summed E-state index contributed by atoms with van der Waals surface area (Å²) in [6.45, 7) is 1.99. The van der Waals surface area contributed by atoms with Gasteiger partial charge in [0.1, 0.15) is 0 Å². The van der Waals surface area contributed by atoms with Gasteiger partial charge < -0.3 is 5.32 Å². The van der Waals surface area contributed by atoms with Gasteiger partial charge in [0.25, 0.3) is 5.91 Å². The maximum absolute atomic E-state index is 12.9. The molecule has 2 rings (SSSR count). The summed E-state index contributed by atoms with van der Waals surface area (Å²) in [7, 11) is 0. The topological polar surface area (TPSA) is 42.0 Å². The number of nitrogens with zero attached hydrogens (tertiary/aromatic N) is 1. The highest BCUT2D eigenvalue weighted by atomic mass is 127. The number of halogens is 2. The summed E-state index contributed by atoms with van der Waals surface area (Å²) in [5, 5.41) is 2.72. The van der Waals surface area contributed by atoms with E-state index < -0.39 is 5.95 Å². The first-order chi connectivity index (χ1) is 8.56. The van der Waals surface area contributed by atoms with Gasteiger partial charge >= 0.3 is 0 Å². The van der Waals surface area contributed by atoms with E-state index in [9.17, 15) is 9.18 Å². The quantitative estimate of drug-likeness (QED) is 0.662. The van der Waals surface area contributed by atoms with Crippen LogP contribution in [-0.4, -0.2) is 10.9 Å². The predicted molar refractivity (Wildman–Crippen MR) is 76.0 cm³/mol. The number of aromatic nitrogens is 1. The molecule has 0 bridgehead atoms. The molecule has 1 aromatic carbocycles. The molecule has 0 aliphatic carbocycles. The van der Waals surface area contributed by atoms with Crippen LogP contribution in [0.15, 0.2) is 36.5 Å². The Morgan fingerprint density at radius 3 is 2.78 bits per heavy atom. The van der Waals surface area contributed by atoms with Gasteiger partial charge in [-0.05, 0) is 53.3 Å². The number of rotatable bonds is 2. The molecule has 5 heteroatoms. The summed E-state index contributed by atoms with van der Waals surface area (Å²) < 4.78 is 14.0. The largest absolute Gasteiger partial charge is 0.322 e. The molecular formula is C13H10FIN2O. The molecule has 0 radical (unpaired) electrons. The van der Waals surface area contributed by atoms with Gasteiger partial charge in [0, 0.05) is 27.1 Å². The van der Waals surface area contributed by atoms with E-state index in [0.717, 1.165) is 15.2 Å². The minimum Gasteiger partial charge on any atom is -0.322 e. The number of anilines is 1. The maximum atomic E-state index is 12.9. The number of hydrogen-bond acceptors (Lipinski definition) is 2. The number of carbonyl (C=O) groups is 1. The lowest BCUT2D eigenvalue weighted by atomic mass is 10.2. The molecule has 18 heavy (non-hydrogen) atoms. The average Bonchev–Trinajstić information content (AvgIpc) is 2.34. The molecule has 1 aromatic heterocycles. The molecule has 0 saturated carbocycles. The zero-order valence-electron chi connectivity index (χ0n) is 9.58. The smallest absolute Gasteiger partial charge is 0.255 e. The fourth-order valence-corrected chi connectivity index (χ4v) is 1.93. The van der Waals surface area contributed by atoms with Crippen molar-refractivity contribution in [2.45, 2.75) is 6.92 Å². The van der Waals surface area contributed by atoms with E-state index in [0.29, 0.717) is 5.69 Å². The van der Waals surface area contributed by atoms with Crippen molar-refractivity contribution in [3.63, 3.8) is 0 Å². The number of aryl methyl sites for hydroxylation is 1. The van der Waals surface area contributed by atoms with Gasteiger partial charge in [-0.2, -0.15) is 4.39 Å². The average molecular weight is 356 g/mol. The molecule has 0 saturated heterocycles. The Kier molecular flexibility index (Phi) is 3.90. The van der Waals surface area contributed by atoms with Crippen LogP contribution in [0.2, 0.25) is 0 Å². The summed E-state index contributed by atoms with van der Waals surface area (Å²) in [5.74, 6) is -1.02. The van der Waals surface area contributed by atoms with Crippen LogP contribution in [0.25, 0.3) is 0 Å². The second kappa shape index (κ2) is 5.43. The van der Waals surface area contributed by atoms with Gasteiger partial charge in [-0.15, -0.1) is 0 Å². The lowest BCUT2D eigenvalue weighted by Gasteiger charge is -2.07. The monoisotopic (exact) mass is 356 g/mol. The molecule has 0 aliphatic heterocycles. The highest BCUT2D eigenvalue weighted by Gasteiger charge is 2.08. The Hall–Kier alpha value is -1.50. The molecule has 0 spiro atoms. The van der Waals surface area contributed by atoms with Crippen molar-refractivity contribution in [1.29, 1.82) is 0 Å². The van der Waals surface area contributed by atoms with Crippen LogP contribution in [-0.2, 0) is 0 Å². The summed E-state index contributed by atoms with van der Waals surface area (Å²) in [5.41, 5.74) is 2.08. The fraction of sp³-hybridized carbons (Fsp3) is 0.0769. The van der Waals surface area contributed by atoms with Crippen LogP contribution in [0.1, 0.15) is 15.9 Å². The molecule has 1 N–H and O–H groups in total. The van der Waals surface area contributed by atoms with Crippen molar-refractivity contribution >= 4 is 34.2 Å². The van der Waals surface area contributed by atoms with Gasteiger partial charge in [-0.25, -0.2) is 4.98 Å². The number of amides is 1. The van der Waals surface area contributed by atoms with Crippen LogP contribution >= 0.6 is 22.6 Å². The molecule has 1 heterocycles. The van der Waals surface area contributed by atoms with E-state index >= 15 is 0 Å². The number of benzene rings is 1. The summed E-state index contributed by atoms with van der Waals surface area (Å²) in [6.07, 6.45) is 1.27. The molecule has 92 valence electrons. The Labute approximate surface area is 118 Å². The van der Waals surface area contributed by atoms with Crippen molar-refractivity contribution in [3.05, 3.63) is 57.2 Å². The van der Waals surface area contributed by atoms with E-state index in [1.807, 2.05) is 25.1 Å². The van der Waals surface area contributed by atoms with Gasteiger partial charge in [0.05, 0.1) is 0 Å². The van der Waals surface area contributed by atoms with E-state index in [1.54, 1.807) is 0 Å². The zero-order valence-corrected chi connectivity index (χ0v) is 11.7. The van der Waals surface area contributed by atoms with Crippen molar-refractivity contribution in [1.82, 2.24) is 4.98 Å². The number of carbonyl (C=O) groups excluding carboxylic acids is 1. The van der Waals surface area contributed by atoms with Gasteiger partial charge in [0.2, 0.25) is 5.95 Å². The number of nitrogens with one attached hydrogen (secondary N) is 1. The predicted octanol–water partition coefficient (Wildman–Crippen LogP) is 3.39. The van der Waals surface area contributed by atoms with E-state index in [2.05, 4.69) is 32.9 Å². The van der Waals surface area contributed by atoms with E-state index in [1.165, 1.54) is 12.3 Å². The highest BCUT2D eigenvalue weighted by molar-refractivity contribution is 14.1. The fourth-order valence-electron chi connectivity index (χ4n) is 1.42. The maximum Gasteiger partial charge on any atom is 0.255 e. The third kappa shape index (κ3) is 3.04. The number of pyridine rings is 1. The molecule has 1 amide bonds. The molecule has 3 nitrogen and oxygen atoms in total. The van der Waals surface area contributed by atoms with Crippen LogP contribution in [0.3, 0.4) is 0 Å². The Balaban J connectivity index is 2.18. The summed E-state index contributed by atoms with van der Waals surface area (Å²) in [4.78, 5) is 15.3. The van der Waals surface area contributed by atoms with Crippen LogP contribution in [0.4, 0.5) is 10.1 Å². The van der Waals surface area contributed by atoms with Crippen molar-refractivity contribution in [2.75, 3.05) is 5.32 Å². The Bertz CT molecular complexity index is 601. The van der Waals surface area contributed by atoms with Gasteiger partial charge in [-0.3, -0.25) is 4.79 Å². The minimum atomic E-state index is -0.666. The first kappa shape index (κ1) is 12.9. The molecule has 0 fully saturated rings. The first-order valence-electron chi connectivity index (χ1n) is 5.25. The number of hydrogen-bond donors (Lipinski definition) is 1. The molecular weight excluding hydrogens is 346 g/mol. The first-order valence-corrected chi connectivity index (χ1v) is 6.33. The lowest BCUT2D eigenvalue weighted by Crippen LogP contribution is -2.12. The van der Waals surface area contributed by atoms with Crippen molar-refractivity contribution in [2.24, 2.45) is 0 Å². The molecule has 0 unspecified atom stereocenters. The van der Waals surface area contributed by atoms with E-state index in [4.69, 9.17) is 0 Å². The normalized spacial score (nSPS) is 10.2. The second-order valence-corrected chi connectivity index (χ2v) is 4.95. The SMILES string of the molecule is Cc1ccc(NC(=O)c2ccnc(F)c2)cc1I. The third-order valence-corrected chi connectivity index (χ3v) is 3.58. The molecule has 2 aromatic rings.